The number of piperidine rings is 1. The largest absolute Gasteiger partial charge is 0.398 e. The van der Waals surface area contributed by atoms with Gasteiger partial charge in [-0.1, -0.05) is 0 Å². The van der Waals surface area contributed by atoms with Gasteiger partial charge >= 0.3 is 0 Å². The Morgan fingerprint density at radius 2 is 2.19 bits per heavy atom. The Morgan fingerprint density at radius 3 is 2.87 bits per heavy atom. The minimum atomic E-state index is -0.486. The average Bonchev–Trinajstić information content (AvgIpc) is 2.76. The second-order valence-electron chi connectivity index (χ2n) is 8.23. The van der Waals surface area contributed by atoms with E-state index in [0.29, 0.717) is 23.4 Å². The third-order valence-electron chi connectivity index (χ3n) is 6.20. The molecule has 8 nitrogen and oxygen atoms in total. The highest BCUT2D eigenvalue weighted by atomic mass is 19.1. The lowest BCUT2D eigenvalue weighted by Gasteiger charge is -2.48. The lowest BCUT2D eigenvalue weighted by atomic mass is 9.86. The molecule has 0 saturated carbocycles. The molecule has 31 heavy (non-hydrogen) atoms. The molecule has 164 valence electrons. The molecule has 2 atom stereocenters. The van der Waals surface area contributed by atoms with Gasteiger partial charge in [0.2, 0.25) is 0 Å². The summed E-state index contributed by atoms with van der Waals surface area (Å²) in [5.74, 6) is -0.191. The molecule has 0 aliphatic carbocycles. The van der Waals surface area contributed by atoms with Crippen LogP contribution in [0.2, 0.25) is 0 Å². The summed E-state index contributed by atoms with van der Waals surface area (Å²) in [7, 11) is 1.75. The van der Waals surface area contributed by atoms with Crippen molar-refractivity contribution in [2.45, 2.75) is 30.8 Å². The molecule has 2 aliphatic rings. The van der Waals surface area contributed by atoms with Crippen molar-refractivity contribution in [3.8, 4) is 0 Å². The molecule has 1 spiro atoms. The van der Waals surface area contributed by atoms with Crippen molar-refractivity contribution in [3.63, 3.8) is 0 Å². The smallest absolute Gasteiger partial charge is 0.132 e. The molecule has 9 heteroatoms. The quantitative estimate of drug-likeness (QED) is 0.399. The maximum atomic E-state index is 14.5. The fourth-order valence-electron chi connectivity index (χ4n) is 4.39. The Morgan fingerprint density at radius 1 is 1.39 bits per heavy atom. The highest BCUT2D eigenvalue weighted by Crippen LogP contribution is 2.36. The number of rotatable bonds is 7. The molecular formula is C22H28FN7O. The fourth-order valence-corrected chi connectivity index (χ4v) is 4.39. The minimum absolute atomic E-state index is 0.0672. The molecule has 2 saturated heterocycles. The van der Waals surface area contributed by atoms with E-state index in [4.69, 9.17) is 21.3 Å². The molecule has 2 aliphatic heterocycles. The third kappa shape index (κ3) is 4.15. The topological polar surface area (TPSA) is 124 Å². The van der Waals surface area contributed by atoms with Gasteiger partial charge in [0.05, 0.1) is 23.6 Å². The third-order valence-corrected chi connectivity index (χ3v) is 6.20. The zero-order valence-electron chi connectivity index (χ0n) is 17.6. The second-order valence-corrected chi connectivity index (χ2v) is 8.23. The maximum Gasteiger partial charge on any atom is 0.132 e. The molecule has 1 aromatic carbocycles. The molecule has 2 aromatic rings. The van der Waals surface area contributed by atoms with E-state index in [2.05, 4.69) is 20.2 Å². The molecule has 3 heterocycles. The number of hydrogen-bond acceptors (Lipinski definition) is 8. The Labute approximate surface area is 181 Å². The van der Waals surface area contributed by atoms with Gasteiger partial charge in [-0.3, -0.25) is 5.41 Å². The SMILES string of the molecule is CNCC(C=N)c1cc(C(=N)c2cc(N3CCCC4(CCO4)C3)ncn2)c(N)cc1F. The van der Waals surface area contributed by atoms with E-state index in [0.717, 1.165) is 44.8 Å². The predicted octanol–water partition coefficient (Wildman–Crippen LogP) is 2.33. The number of nitrogens with one attached hydrogen (secondary N) is 3. The van der Waals surface area contributed by atoms with Crippen LogP contribution in [0.15, 0.2) is 24.5 Å². The Bertz CT molecular complexity index is 992. The van der Waals surface area contributed by atoms with Crippen molar-refractivity contribution < 1.29 is 9.13 Å². The standard InChI is InChI=1S/C22H28FN7O/c1-27-11-14(10-24)15-7-16(18(25)8-17(15)23)21(26)19-9-20(29-13-28-19)30-5-2-3-22(12-30)4-6-31-22/h7-10,13-14,24,26-27H,2-6,11-12,25H2,1H3. The summed E-state index contributed by atoms with van der Waals surface area (Å²) in [6.07, 6.45) is 5.79. The summed E-state index contributed by atoms with van der Waals surface area (Å²) < 4.78 is 20.4. The van der Waals surface area contributed by atoms with Gasteiger partial charge in [0.25, 0.3) is 0 Å². The van der Waals surface area contributed by atoms with Gasteiger partial charge in [-0.2, -0.15) is 0 Å². The van der Waals surface area contributed by atoms with Crippen LogP contribution in [-0.2, 0) is 4.74 Å². The van der Waals surface area contributed by atoms with Crippen molar-refractivity contribution in [3.05, 3.63) is 47.2 Å². The maximum absolute atomic E-state index is 14.5. The van der Waals surface area contributed by atoms with Gasteiger partial charge in [-0.25, -0.2) is 14.4 Å². The Hall–Kier alpha value is -2.91. The van der Waals surface area contributed by atoms with Crippen molar-refractivity contribution >= 4 is 23.4 Å². The first-order chi connectivity index (χ1) is 15.0. The van der Waals surface area contributed by atoms with Gasteiger partial charge in [0.1, 0.15) is 18.0 Å². The Kier molecular flexibility index (Phi) is 5.97. The number of nitrogens with zero attached hydrogens (tertiary/aromatic N) is 3. The minimum Gasteiger partial charge on any atom is -0.398 e. The number of halogens is 1. The first-order valence-corrected chi connectivity index (χ1v) is 10.5. The van der Waals surface area contributed by atoms with Crippen molar-refractivity contribution in [2.75, 3.05) is 43.9 Å². The summed E-state index contributed by atoms with van der Waals surface area (Å²) in [6, 6.07) is 4.56. The number of nitrogen functional groups attached to an aromatic ring is 1. The highest BCUT2D eigenvalue weighted by Gasteiger charge is 2.42. The fraction of sp³-hybridized carbons (Fsp3) is 0.455. The van der Waals surface area contributed by atoms with E-state index >= 15 is 0 Å². The van der Waals surface area contributed by atoms with Crippen LogP contribution < -0.4 is 16.0 Å². The van der Waals surface area contributed by atoms with Crippen LogP contribution in [0.5, 0.6) is 0 Å². The number of nitrogens with two attached hydrogens (primary N) is 1. The molecule has 0 amide bonds. The molecule has 5 N–H and O–H groups in total. The lowest BCUT2D eigenvalue weighted by Crippen LogP contribution is -2.56. The Balaban J connectivity index is 1.62. The van der Waals surface area contributed by atoms with Gasteiger partial charge in [-0.05, 0) is 37.6 Å². The van der Waals surface area contributed by atoms with E-state index in [1.165, 1.54) is 18.6 Å². The zero-order chi connectivity index (χ0) is 22.0. The van der Waals surface area contributed by atoms with E-state index < -0.39 is 11.7 Å². The number of hydrogen-bond donors (Lipinski definition) is 4. The molecule has 0 radical (unpaired) electrons. The van der Waals surface area contributed by atoms with Crippen molar-refractivity contribution in [1.82, 2.24) is 15.3 Å². The lowest BCUT2D eigenvalue weighted by molar-refractivity contribution is -0.151. The molecule has 1 aromatic heterocycles. The first kappa shape index (κ1) is 21.3. The summed E-state index contributed by atoms with van der Waals surface area (Å²) in [5, 5.41) is 19.3. The van der Waals surface area contributed by atoms with E-state index in [1.54, 1.807) is 19.2 Å². The normalized spacial score (nSPS) is 21.5. The zero-order valence-corrected chi connectivity index (χ0v) is 17.6. The number of aromatic nitrogens is 2. The van der Waals surface area contributed by atoms with Gasteiger partial charge in [0.15, 0.2) is 0 Å². The van der Waals surface area contributed by atoms with E-state index in [1.807, 2.05) is 0 Å². The summed E-state index contributed by atoms with van der Waals surface area (Å²) in [6.45, 7) is 2.88. The van der Waals surface area contributed by atoms with Gasteiger partial charge < -0.3 is 26.1 Å². The molecule has 2 unspecified atom stereocenters. The molecule has 0 bridgehead atoms. The van der Waals surface area contributed by atoms with Crippen molar-refractivity contribution in [1.29, 1.82) is 10.8 Å². The number of likely N-dealkylation sites (N-methyl/N-ethyl adjacent to an activating group) is 1. The number of benzene rings is 1. The van der Waals surface area contributed by atoms with Gasteiger partial charge in [0, 0.05) is 55.5 Å². The van der Waals surface area contributed by atoms with Crippen LogP contribution in [-0.4, -0.2) is 60.8 Å². The summed E-state index contributed by atoms with van der Waals surface area (Å²) in [5.41, 5.74) is 7.40. The van der Waals surface area contributed by atoms with Crippen LogP contribution >= 0.6 is 0 Å². The van der Waals surface area contributed by atoms with Crippen LogP contribution in [0.25, 0.3) is 0 Å². The molecular weight excluding hydrogens is 397 g/mol. The van der Waals surface area contributed by atoms with Gasteiger partial charge in [-0.15, -0.1) is 0 Å². The summed E-state index contributed by atoms with van der Waals surface area (Å²) in [4.78, 5) is 10.9. The van der Waals surface area contributed by atoms with Crippen LogP contribution in [0.4, 0.5) is 15.9 Å². The number of anilines is 2. The molecule has 4 rings (SSSR count). The van der Waals surface area contributed by atoms with E-state index in [-0.39, 0.29) is 17.0 Å². The van der Waals surface area contributed by atoms with E-state index in [9.17, 15) is 4.39 Å². The monoisotopic (exact) mass is 425 g/mol. The molecule has 2 fully saturated rings. The van der Waals surface area contributed by atoms with Crippen molar-refractivity contribution in [2.24, 2.45) is 0 Å². The first-order valence-electron chi connectivity index (χ1n) is 10.5. The van der Waals surface area contributed by atoms with Crippen LogP contribution in [0.3, 0.4) is 0 Å². The summed E-state index contributed by atoms with van der Waals surface area (Å²) >= 11 is 0. The average molecular weight is 426 g/mol. The van der Waals surface area contributed by atoms with Crippen LogP contribution in [0, 0.1) is 16.6 Å². The predicted molar refractivity (Wildman–Crippen MR) is 119 cm³/mol. The highest BCUT2D eigenvalue weighted by molar-refractivity contribution is 6.13. The second kappa shape index (κ2) is 8.68. The number of ether oxygens (including phenoxy) is 1. The van der Waals surface area contributed by atoms with Crippen LogP contribution in [0.1, 0.15) is 42.0 Å².